The highest BCUT2D eigenvalue weighted by Gasteiger charge is 2.16. The molecular formula is C18H13ClN4O3S. The zero-order chi connectivity index (χ0) is 19.0. The minimum absolute atomic E-state index is 0.0166. The van der Waals surface area contributed by atoms with Crippen LogP contribution in [0.1, 0.15) is 5.56 Å². The van der Waals surface area contributed by atoms with Gasteiger partial charge in [-0.3, -0.25) is 19.5 Å². The summed E-state index contributed by atoms with van der Waals surface area (Å²) in [5.41, 5.74) is 1.55. The molecule has 4 rings (SSSR count). The number of nitro benzene ring substituents is 1. The molecule has 0 bridgehead atoms. The first kappa shape index (κ1) is 17.4. The Hall–Kier alpha value is -2.97. The third-order valence-electron chi connectivity index (χ3n) is 4.17. The highest BCUT2D eigenvalue weighted by molar-refractivity contribution is 7.07. The van der Waals surface area contributed by atoms with Gasteiger partial charge in [-0.25, -0.2) is 4.99 Å². The maximum absolute atomic E-state index is 12.8. The van der Waals surface area contributed by atoms with Crippen LogP contribution < -0.4 is 19.8 Å². The quantitative estimate of drug-likeness (QED) is 0.499. The van der Waals surface area contributed by atoms with E-state index in [0.29, 0.717) is 27.7 Å². The first-order valence-electron chi connectivity index (χ1n) is 8.02. The zero-order valence-corrected chi connectivity index (χ0v) is 15.5. The van der Waals surface area contributed by atoms with Crippen molar-refractivity contribution in [1.29, 1.82) is 0 Å². The fourth-order valence-corrected chi connectivity index (χ4v) is 3.86. The molecule has 0 saturated heterocycles. The van der Waals surface area contributed by atoms with E-state index in [1.54, 1.807) is 34.9 Å². The van der Waals surface area contributed by atoms with E-state index in [1.807, 2.05) is 17.0 Å². The molecule has 2 heterocycles. The maximum Gasteiger partial charge on any atom is 0.271 e. The minimum atomic E-state index is -0.452. The van der Waals surface area contributed by atoms with E-state index in [0.717, 1.165) is 11.3 Å². The highest BCUT2D eigenvalue weighted by Crippen LogP contribution is 2.19. The van der Waals surface area contributed by atoms with E-state index in [-0.39, 0.29) is 11.2 Å². The molecule has 0 radical (unpaired) electrons. The van der Waals surface area contributed by atoms with E-state index in [4.69, 9.17) is 11.6 Å². The maximum atomic E-state index is 12.8. The summed E-state index contributed by atoms with van der Waals surface area (Å²) in [6.45, 7) is 0.864. The van der Waals surface area contributed by atoms with Crippen LogP contribution in [0.3, 0.4) is 0 Å². The molecule has 27 heavy (non-hydrogen) atoms. The topological polar surface area (TPSA) is 80.7 Å². The Morgan fingerprint density at radius 2 is 1.85 bits per heavy atom. The summed E-state index contributed by atoms with van der Waals surface area (Å²) < 4.78 is 2.17. The predicted molar refractivity (Wildman–Crippen MR) is 105 cm³/mol. The Morgan fingerprint density at radius 1 is 1.15 bits per heavy atom. The number of thiazole rings is 1. The molecule has 9 heteroatoms. The van der Waals surface area contributed by atoms with Gasteiger partial charge in [-0.05, 0) is 48.0 Å². The number of benzene rings is 2. The highest BCUT2D eigenvalue weighted by atomic mass is 35.5. The van der Waals surface area contributed by atoms with Crippen LogP contribution in [-0.2, 0) is 6.67 Å². The van der Waals surface area contributed by atoms with Crippen LogP contribution >= 0.6 is 22.9 Å². The zero-order valence-electron chi connectivity index (χ0n) is 13.9. The molecule has 0 atom stereocenters. The number of hydrogen-bond donors (Lipinski definition) is 0. The first-order valence-corrected chi connectivity index (χ1v) is 9.21. The molecule has 0 fully saturated rings. The molecule has 1 aromatic heterocycles. The summed E-state index contributed by atoms with van der Waals surface area (Å²) in [6, 6.07) is 13.5. The van der Waals surface area contributed by atoms with Crippen molar-refractivity contribution in [1.82, 2.24) is 4.57 Å². The number of nitrogens with zero attached hydrogens (tertiary/aromatic N) is 4. The molecule has 0 saturated carbocycles. The average molecular weight is 401 g/mol. The number of nitro groups is 1. The number of hydrogen-bond acceptors (Lipinski definition) is 6. The molecule has 1 aliphatic rings. The van der Waals surface area contributed by atoms with Crippen LogP contribution in [0, 0.1) is 10.1 Å². The fraction of sp³-hybridized carbons (Fsp3) is 0.111. The third-order valence-corrected chi connectivity index (χ3v) is 5.47. The van der Waals surface area contributed by atoms with Gasteiger partial charge < -0.3 is 4.90 Å². The molecule has 136 valence electrons. The lowest BCUT2D eigenvalue weighted by Gasteiger charge is -2.25. The van der Waals surface area contributed by atoms with Gasteiger partial charge in [0.15, 0.2) is 4.80 Å². The van der Waals surface area contributed by atoms with Gasteiger partial charge in [0.25, 0.3) is 11.2 Å². The normalized spacial score (nSPS) is 14.0. The van der Waals surface area contributed by atoms with Crippen molar-refractivity contribution in [2.45, 2.75) is 6.67 Å². The summed E-state index contributed by atoms with van der Waals surface area (Å²) in [4.78, 5) is 30.2. The second-order valence-corrected chi connectivity index (χ2v) is 7.38. The van der Waals surface area contributed by atoms with Gasteiger partial charge in [0.1, 0.15) is 13.3 Å². The Bertz CT molecular complexity index is 1180. The van der Waals surface area contributed by atoms with Crippen molar-refractivity contribution in [2.24, 2.45) is 4.99 Å². The lowest BCUT2D eigenvalue weighted by Crippen LogP contribution is -2.42. The Morgan fingerprint density at radius 3 is 2.52 bits per heavy atom. The minimum Gasteiger partial charge on any atom is -0.334 e. The van der Waals surface area contributed by atoms with E-state index >= 15 is 0 Å². The molecule has 0 N–H and O–H groups in total. The van der Waals surface area contributed by atoms with Crippen LogP contribution in [0.2, 0.25) is 5.02 Å². The van der Waals surface area contributed by atoms with Gasteiger partial charge in [0, 0.05) is 22.8 Å². The van der Waals surface area contributed by atoms with E-state index in [1.165, 1.54) is 23.5 Å². The van der Waals surface area contributed by atoms with Crippen LogP contribution in [-0.4, -0.2) is 16.2 Å². The standard InChI is InChI=1S/C18H13ClN4O3S/c19-13-3-7-14(8-4-13)21-10-20-18-22(11-21)17(24)16(27-18)9-12-1-5-15(6-2-12)23(25)26/h1-9H,10-11H2/b16-9+. The number of rotatable bonds is 3. The summed E-state index contributed by atoms with van der Waals surface area (Å²) >= 11 is 7.24. The summed E-state index contributed by atoms with van der Waals surface area (Å²) in [5.74, 6) is 0. The van der Waals surface area contributed by atoms with E-state index < -0.39 is 4.92 Å². The molecular weight excluding hydrogens is 388 g/mol. The van der Waals surface area contributed by atoms with Crippen molar-refractivity contribution in [2.75, 3.05) is 11.6 Å². The van der Waals surface area contributed by atoms with E-state index in [9.17, 15) is 14.9 Å². The van der Waals surface area contributed by atoms with Gasteiger partial charge in [0.05, 0.1) is 9.46 Å². The summed E-state index contributed by atoms with van der Waals surface area (Å²) in [6.07, 6.45) is 1.73. The largest absolute Gasteiger partial charge is 0.334 e. The van der Waals surface area contributed by atoms with Crippen molar-refractivity contribution in [3.63, 3.8) is 0 Å². The summed E-state index contributed by atoms with van der Waals surface area (Å²) in [7, 11) is 0. The lowest BCUT2D eigenvalue weighted by molar-refractivity contribution is -0.384. The van der Waals surface area contributed by atoms with Crippen molar-refractivity contribution in [3.8, 4) is 0 Å². The van der Waals surface area contributed by atoms with Crippen LogP contribution in [0.4, 0.5) is 11.4 Å². The molecule has 0 unspecified atom stereocenters. The number of aromatic nitrogens is 1. The Kier molecular flexibility index (Phi) is 4.51. The summed E-state index contributed by atoms with van der Waals surface area (Å²) in [5, 5.41) is 11.4. The first-order chi connectivity index (χ1) is 13.0. The van der Waals surface area contributed by atoms with Crippen molar-refractivity contribution >= 4 is 40.4 Å². The third kappa shape index (κ3) is 3.49. The fourth-order valence-electron chi connectivity index (χ4n) is 2.77. The molecule has 3 aromatic rings. The average Bonchev–Trinajstić information content (AvgIpc) is 2.98. The molecule has 0 amide bonds. The van der Waals surface area contributed by atoms with E-state index in [2.05, 4.69) is 4.99 Å². The van der Waals surface area contributed by atoms with Gasteiger partial charge in [0.2, 0.25) is 0 Å². The monoisotopic (exact) mass is 400 g/mol. The molecule has 2 aromatic carbocycles. The lowest BCUT2D eigenvalue weighted by atomic mass is 10.2. The smallest absolute Gasteiger partial charge is 0.271 e. The van der Waals surface area contributed by atoms with Gasteiger partial charge in [-0.1, -0.05) is 22.9 Å². The van der Waals surface area contributed by atoms with Crippen molar-refractivity contribution in [3.05, 3.63) is 88.9 Å². The van der Waals surface area contributed by atoms with Crippen molar-refractivity contribution < 1.29 is 4.92 Å². The second kappa shape index (κ2) is 6.98. The molecule has 0 aliphatic carbocycles. The van der Waals surface area contributed by atoms with Gasteiger partial charge in [-0.15, -0.1) is 0 Å². The number of anilines is 1. The van der Waals surface area contributed by atoms with Gasteiger partial charge in [-0.2, -0.15) is 0 Å². The molecule has 0 spiro atoms. The molecule has 7 nitrogen and oxygen atoms in total. The SMILES string of the molecule is O=c1/c(=C\c2ccc([N+](=O)[O-])cc2)sc2n1CN(c1ccc(Cl)cc1)CN=2. The van der Waals surface area contributed by atoms with Crippen LogP contribution in [0.15, 0.2) is 58.3 Å². The Labute approximate surface area is 162 Å². The molecule has 1 aliphatic heterocycles. The van der Waals surface area contributed by atoms with Gasteiger partial charge >= 0.3 is 0 Å². The number of fused-ring (bicyclic) bond motifs is 1. The number of non-ortho nitro benzene ring substituents is 1. The predicted octanol–water partition coefficient (Wildman–Crippen LogP) is 2.36. The number of halogens is 1. The van der Waals surface area contributed by atoms with Crippen LogP contribution in [0.5, 0.6) is 0 Å². The Balaban J connectivity index is 1.67. The van der Waals surface area contributed by atoms with Crippen LogP contribution in [0.25, 0.3) is 6.08 Å². The second-order valence-electron chi connectivity index (χ2n) is 5.93.